The van der Waals surface area contributed by atoms with E-state index in [1.165, 1.54) is 10.7 Å². The number of nitrogens with one attached hydrogen (secondary N) is 1. The van der Waals surface area contributed by atoms with Gasteiger partial charge < -0.3 is 10.1 Å². The maximum Gasteiger partial charge on any atom is 0.107 e. The average Bonchev–Trinajstić information content (AvgIpc) is 2.66. The first-order valence-corrected chi connectivity index (χ1v) is 6.57. The summed E-state index contributed by atoms with van der Waals surface area (Å²) >= 11 is 1.73. The summed E-state index contributed by atoms with van der Waals surface area (Å²) in [7, 11) is 1.95. The van der Waals surface area contributed by atoms with Crippen LogP contribution in [0.3, 0.4) is 0 Å². The monoisotopic (exact) mass is 241 g/mol. The van der Waals surface area contributed by atoms with Gasteiger partial charge in [0.05, 0.1) is 18.4 Å². The molecule has 2 heterocycles. The predicted octanol–water partition coefficient (Wildman–Crippen LogP) is 1.08. The number of thiazole rings is 1. The number of aromatic nitrogens is 1. The molecule has 1 aliphatic rings. The summed E-state index contributed by atoms with van der Waals surface area (Å²) in [5.41, 5.74) is 1.18. The van der Waals surface area contributed by atoms with Gasteiger partial charge in [-0.15, -0.1) is 11.3 Å². The van der Waals surface area contributed by atoms with Crippen molar-refractivity contribution in [2.45, 2.75) is 26.1 Å². The van der Waals surface area contributed by atoms with Crippen molar-refractivity contribution in [3.05, 3.63) is 16.1 Å². The van der Waals surface area contributed by atoms with Crippen LogP contribution in [-0.4, -0.2) is 42.7 Å². The molecule has 1 saturated heterocycles. The molecule has 1 atom stereocenters. The predicted molar refractivity (Wildman–Crippen MR) is 65.6 cm³/mol. The molecule has 1 unspecified atom stereocenters. The average molecular weight is 241 g/mol. The van der Waals surface area contributed by atoms with Crippen LogP contribution in [0.4, 0.5) is 0 Å². The Morgan fingerprint density at radius 1 is 1.69 bits per heavy atom. The molecular formula is C11H19N3OS. The zero-order chi connectivity index (χ0) is 11.4. The van der Waals surface area contributed by atoms with Crippen LogP contribution >= 0.6 is 11.3 Å². The second-order valence-corrected chi connectivity index (χ2v) is 5.12. The maximum absolute atomic E-state index is 5.52. The number of hydrogen-bond donors (Lipinski definition) is 1. The molecule has 0 amide bonds. The fraction of sp³-hybridized carbons (Fsp3) is 0.727. The Balaban J connectivity index is 1.87. The molecule has 1 fully saturated rings. The minimum absolute atomic E-state index is 0.351. The van der Waals surface area contributed by atoms with E-state index in [0.717, 1.165) is 32.8 Å². The normalized spacial score (nSPS) is 22.5. The fourth-order valence-electron chi connectivity index (χ4n) is 1.92. The van der Waals surface area contributed by atoms with Crippen molar-refractivity contribution in [2.75, 3.05) is 26.7 Å². The zero-order valence-electron chi connectivity index (χ0n) is 9.90. The molecule has 1 aliphatic heterocycles. The molecule has 1 N–H and O–H groups in total. The fourth-order valence-corrected chi connectivity index (χ4v) is 2.71. The molecule has 90 valence electrons. The Morgan fingerprint density at radius 3 is 3.31 bits per heavy atom. The third-order valence-electron chi connectivity index (χ3n) is 2.64. The van der Waals surface area contributed by atoms with E-state index in [1.54, 1.807) is 11.3 Å². The third kappa shape index (κ3) is 3.25. The summed E-state index contributed by atoms with van der Waals surface area (Å²) in [6, 6.07) is 0. The molecule has 0 radical (unpaired) electrons. The Bertz CT molecular complexity index is 329. The van der Waals surface area contributed by atoms with Gasteiger partial charge in [-0.1, -0.05) is 0 Å². The van der Waals surface area contributed by atoms with Gasteiger partial charge in [-0.25, -0.2) is 4.98 Å². The van der Waals surface area contributed by atoms with Crippen molar-refractivity contribution in [2.24, 2.45) is 0 Å². The summed E-state index contributed by atoms with van der Waals surface area (Å²) in [5.74, 6) is 0. The van der Waals surface area contributed by atoms with Crippen LogP contribution < -0.4 is 5.32 Å². The zero-order valence-corrected chi connectivity index (χ0v) is 10.7. The standard InChI is InChI=1S/C11H19N3OS/c1-9-6-14(3-4-15-9)7-10-8-16-11(13-10)5-12-2/h8-9,12H,3-7H2,1-2H3. The molecule has 0 aromatic carbocycles. The molecule has 0 bridgehead atoms. The summed E-state index contributed by atoms with van der Waals surface area (Å²) < 4.78 is 5.52. The summed E-state index contributed by atoms with van der Waals surface area (Å²) in [6.45, 7) is 6.81. The minimum atomic E-state index is 0.351. The van der Waals surface area contributed by atoms with E-state index in [-0.39, 0.29) is 0 Å². The Hall–Kier alpha value is -0.490. The highest BCUT2D eigenvalue weighted by atomic mass is 32.1. The van der Waals surface area contributed by atoms with Gasteiger partial charge in [-0.2, -0.15) is 0 Å². The molecule has 2 rings (SSSR count). The molecule has 0 spiro atoms. The van der Waals surface area contributed by atoms with Gasteiger partial charge >= 0.3 is 0 Å². The van der Waals surface area contributed by atoms with Crippen molar-refractivity contribution < 1.29 is 4.74 Å². The lowest BCUT2D eigenvalue weighted by Crippen LogP contribution is -2.40. The highest BCUT2D eigenvalue weighted by Crippen LogP contribution is 2.13. The van der Waals surface area contributed by atoms with Crippen LogP contribution in [0.5, 0.6) is 0 Å². The number of hydrogen-bond acceptors (Lipinski definition) is 5. The molecule has 16 heavy (non-hydrogen) atoms. The van der Waals surface area contributed by atoms with Gasteiger partial charge in [0.1, 0.15) is 5.01 Å². The maximum atomic E-state index is 5.52. The van der Waals surface area contributed by atoms with Crippen LogP contribution in [0.15, 0.2) is 5.38 Å². The summed E-state index contributed by atoms with van der Waals surface area (Å²) in [6.07, 6.45) is 0.351. The van der Waals surface area contributed by atoms with Gasteiger partial charge in [-0.05, 0) is 14.0 Å². The van der Waals surface area contributed by atoms with Crippen molar-refractivity contribution in [3.8, 4) is 0 Å². The lowest BCUT2D eigenvalue weighted by molar-refractivity contribution is -0.0215. The number of nitrogens with zero attached hydrogens (tertiary/aromatic N) is 2. The molecule has 4 nitrogen and oxygen atoms in total. The van der Waals surface area contributed by atoms with E-state index in [2.05, 4.69) is 27.5 Å². The molecular weight excluding hydrogens is 222 g/mol. The minimum Gasteiger partial charge on any atom is -0.376 e. The third-order valence-corrected chi connectivity index (χ3v) is 3.54. The van der Waals surface area contributed by atoms with Crippen molar-refractivity contribution in [3.63, 3.8) is 0 Å². The Morgan fingerprint density at radius 2 is 2.56 bits per heavy atom. The molecule has 1 aromatic heterocycles. The quantitative estimate of drug-likeness (QED) is 0.856. The van der Waals surface area contributed by atoms with E-state index in [0.29, 0.717) is 6.10 Å². The molecule has 1 aromatic rings. The van der Waals surface area contributed by atoms with Gasteiger partial charge in [0.2, 0.25) is 0 Å². The lowest BCUT2D eigenvalue weighted by Gasteiger charge is -2.30. The van der Waals surface area contributed by atoms with E-state index >= 15 is 0 Å². The Kier molecular flexibility index (Phi) is 4.29. The lowest BCUT2D eigenvalue weighted by atomic mass is 10.3. The summed E-state index contributed by atoms with van der Waals surface area (Å²) in [5, 5.41) is 6.45. The second-order valence-electron chi connectivity index (χ2n) is 4.18. The van der Waals surface area contributed by atoms with E-state index in [4.69, 9.17) is 4.74 Å². The topological polar surface area (TPSA) is 37.4 Å². The second kappa shape index (κ2) is 5.72. The number of ether oxygens (including phenoxy) is 1. The first-order chi connectivity index (χ1) is 7.78. The van der Waals surface area contributed by atoms with Gasteiger partial charge in [0.15, 0.2) is 0 Å². The molecule has 0 saturated carbocycles. The van der Waals surface area contributed by atoms with E-state index in [9.17, 15) is 0 Å². The van der Waals surface area contributed by atoms with E-state index in [1.807, 2.05) is 7.05 Å². The van der Waals surface area contributed by atoms with Gasteiger partial charge in [0, 0.05) is 31.6 Å². The first-order valence-electron chi connectivity index (χ1n) is 5.70. The van der Waals surface area contributed by atoms with Gasteiger partial charge in [-0.3, -0.25) is 4.90 Å². The first kappa shape index (κ1) is 12.0. The largest absolute Gasteiger partial charge is 0.376 e. The van der Waals surface area contributed by atoms with Crippen LogP contribution in [0.1, 0.15) is 17.6 Å². The molecule has 5 heteroatoms. The Labute approximate surface area is 101 Å². The SMILES string of the molecule is CNCc1nc(CN2CCOC(C)C2)cs1. The summed E-state index contributed by atoms with van der Waals surface area (Å²) in [4.78, 5) is 7.00. The van der Waals surface area contributed by atoms with E-state index < -0.39 is 0 Å². The highest BCUT2D eigenvalue weighted by molar-refractivity contribution is 7.09. The van der Waals surface area contributed by atoms with Gasteiger partial charge in [0.25, 0.3) is 0 Å². The highest BCUT2D eigenvalue weighted by Gasteiger charge is 2.17. The molecule has 0 aliphatic carbocycles. The van der Waals surface area contributed by atoms with Crippen LogP contribution in [0, 0.1) is 0 Å². The van der Waals surface area contributed by atoms with Crippen LogP contribution in [0.25, 0.3) is 0 Å². The van der Waals surface area contributed by atoms with Crippen molar-refractivity contribution >= 4 is 11.3 Å². The van der Waals surface area contributed by atoms with Crippen LogP contribution in [0.2, 0.25) is 0 Å². The number of rotatable bonds is 4. The van der Waals surface area contributed by atoms with Crippen molar-refractivity contribution in [1.82, 2.24) is 15.2 Å². The smallest absolute Gasteiger partial charge is 0.107 e. The van der Waals surface area contributed by atoms with Crippen LogP contribution in [-0.2, 0) is 17.8 Å². The number of morpholine rings is 1. The van der Waals surface area contributed by atoms with Crippen molar-refractivity contribution in [1.29, 1.82) is 0 Å².